The topological polar surface area (TPSA) is 58.5 Å². The summed E-state index contributed by atoms with van der Waals surface area (Å²) in [7, 11) is 0. The van der Waals surface area contributed by atoms with E-state index in [1.165, 1.54) is 5.56 Å². The minimum absolute atomic E-state index is 0.744. The molecular formula is C20H30N4OS. The highest BCUT2D eigenvalue weighted by Crippen LogP contribution is 2.07. The Hall–Kier alpha value is -1.92. The van der Waals surface area contributed by atoms with Crippen molar-refractivity contribution in [2.75, 3.05) is 32.8 Å². The fourth-order valence-corrected chi connectivity index (χ4v) is 3.12. The molecule has 142 valence electrons. The quantitative estimate of drug-likeness (QED) is 0.360. The van der Waals surface area contributed by atoms with Gasteiger partial charge in [0.05, 0.1) is 17.3 Å². The SMILES string of the molecule is CCNC(=NCCCOCCc1ccccc1)NCCc1csc(C)n1. The first-order valence-electron chi connectivity index (χ1n) is 9.32. The Morgan fingerprint density at radius 1 is 1.15 bits per heavy atom. The van der Waals surface area contributed by atoms with E-state index in [1.807, 2.05) is 13.0 Å². The van der Waals surface area contributed by atoms with Gasteiger partial charge >= 0.3 is 0 Å². The van der Waals surface area contributed by atoms with Crippen molar-refractivity contribution in [1.29, 1.82) is 0 Å². The van der Waals surface area contributed by atoms with Crippen LogP contribution >= 0.6 is 11.3 Å². The zero-order valence-corrected chi connectivity index (χ0v) is 16.6. The Bertz CT molecular complexity index is 642. The molecule has 0 aliphatic heterocycles. The van der Waals surface area contributed by atoms with Crippen LogP contribution in [0.25, 0.3) is 0 Å². The van der Waals surface area contributed by atoms with Gasteiger partial charge in [-0.3, -0.25) is 4.99 Å². The van der Waals surface area contributed by atoms with Crippen LogP contribution in [0.15, 0.2) is 40.7 Å². The van der Waals surface area contributed by atoms with Gasteiger partial charge in [0.15, 0.2) is 5.96 Å². The van der Waals surface area contributed by atoms with Gasteiger partial charge in [0, 0.05) is 38.0 Å². The standard InChI is InChI=1S/C20H30N4OS/c1-3-21-20(23-13-10-19-16-26-17(2)24-19)22-12-7-14-25-15-11-18-8-5-4-6-9-18/h4-6,8-9,16H,3,7,10-15H2,1-2H3,(H2,21,22,23). The first-order chi connectivity index (χ1) is 12.8. The van der Waals surface area contributed by atoms with Crippen molar-refractivity contribution < 1.29 is 4.74 Å². The van der Waals surface area contributed by atoms with Crippen molar-refractivity contribution >= 4 is 17.3 Å². The van der Waals surface area contributed by atoms with Crippen LogP contribution in [-0.2, 0) is 17.6 Å². The average Bonchev–Trinajstić information content (AvgIpc) is 3.07. The second kappa shape index (κ2) is 12.4. The van der Waals surface area contributed by atoms with E-state index in [9.17, 15) is 0 Å². The lowest BCUT2D eigenvalue weighted by Crippen LogP contribution is -2.38. The molecule has 0 atom stereocenters. The van der Waals surface area contributed by atoms with Gasteiger partial charge in [-0.1, -0.05) is 30.3 Å². The predicted octanol–water partition coefficient (Wildman–Crippen LogP) is 3.20. The van der Waals surface area contributed by atoms with Crippen LogP contribution in [0.3, 0.4) is 0 Å². The summed E-state index contributed by atoms with van der Waals surface area (Å²) < 4.78 is 5.70. The maximum absolute atomic E-state index is 5.70. The fraction of sp³-hybridized carbons (Fsp3) is 0.500. The molecule has 0 saturated heterocycles. The van der Waals surface area contributed by atoms with E-state index < -0.39 is 0 Å². The molecule has 0 saturated carbocycles. The minimum atomic E-state index is 0.744. The number of nitrogens with zero attached hydrogens (tertiary/aromatic N) is 2. The molecule has 0 spiro atoms. The smallest absolute Gasteiger partial charge is 0.191 e. The van der Waals surface area contributed by atoms with Gasteiger partial charge in [0.25, 0.3) is 0 Å². The Kier molecular flexibility index (Phi) is 9.75. The van der Waals surface area contributed by atoms with Gasteiger partial charge in [0.2, 0.25) is 0 Å². The van der Waals surface area contributed by atoms with Crippen LogP contribution in [-0.4, -0.2) is 43.8 Å². The van der Waals surface area contributed by atoms with Crippen LogP contribution in [0.4, 0.5) is 0 Å². The normalized spacial score (nSPS) is 11.5. The molecule has 26 heavy (non-hydrogen) atoms. The van der Waals surface area contributed by atoms with E-state index in [2.05, 4.69) is 57.2 Å². The van der Waals surface area contributed by atoms with E-state index in [0.717, 1.165) is 68.8 Å². The van der Waals surface area contributed by atoms with E-state index in [0.29, 0.717) is 0 Å². The van der Waals surface area contributed by atoms with Crippen molar-refractivity contribution in [3.8, 4) is 0 Å². The summed E-state index contributed by atoms with van der Waals surface area (Å²) in [6, 6.07) is 10.4. The number of aryl methyl sites for hydroxylation is 1. The molecule has 1 aromatic heterocycles. The van der Waals surface area contributed by atoms with E-state index in [4.69, 9.17) is 4.74 Å². The molecule has 0 unspecified atom stereocenters. The summed E-state index contributed by atoms with van der Waals surface area (Å²) in [5, 5.41) is 9.88. The Labute approximate surface area is 160 Å². The number of ether oxygens (including phenoxy) is 1. The average molecular weight is 375 g/mol. The molecule has 2 aromatic rings. The van der Waals surface area contributed by atoms with E-state index in [-0.39, 0.29) is 0 Å². The van der Waals surface area contributed by atoms with E-state index >= 15 is 0 Å². The maximum atomic E-state index is 5.70. The molecule has 0 amide bonds. The molecule has 2 rings (SSSR count). The molecule has 1 aromatic carbocycles. The second-order valence-corrected chi connectivity index (χ2v) is 7.06. The van der Waals surface area contributed by atoms with Crippen LogP contribution in [0.2, 0.25) is 0 Å². The van der Waals surface area contributed by atoms with Gasteiger partial charge in [-0.15, -0.1) is 11.3 Å². The summed E-state index contributed by atoms with van der Waals surface area (Å²) in [5.74, 6) is 0.865. The lowest BCUT2D eigenvalue weighted by Gasteiger charge is -2.10. The van der Waals surface area contributed by atoms with Crippen LogP contribution < -0.4 is 10.6 Å². The number of guanidine groups is 1. The Morgan fingerprint density at radius 3 is 2.73 bits per heavy atom. The monoisotopic (exact) mass is 374 g/mol. The largest absolute Gasteiger partial charge is 0.381 e. The number of thiazole rings is 1. The zero-order chi connectivity index (χ0) is 18.5. The number of aromatic nitrogens is 1. The van der Waals surface area contributed by atoms with Crippen molar-refractivity contribution in [1.82, 2.24) is 15.6 Å². The van der Waals surface area contributed by atoms with Gasteiger partial charge in [-0.25, -0.2) is 4.98 Å². The molecule has 0 aliphatic carbocycles. The lowest BCUT2D eigenvalue weighted by molar-refractivity contribution is 0.136. The summed E-state index contributed by atoms with van der Waals surface area (Å²) in [6.45, 7) is 8.07. The van der Waals surface area contributed by atoms with Crippen molar-refractivity contribution in [3.05, 3.63) is 52.0 Å². The minimum Gasteiger partial charge on any atom is -0.381 e. The number of hydrogen-bond acceptors (Lipinski definition) is 4. The van der Waals surface area contributed by atoms with Crippen LogP contribution in [0.5, 0.6) is 0 Å². The fourth-order valence-electron chi connectivity index (χ4n) is 2.47. The zero-order valence-electron chi connectivity index (χ0n) is 15.8. The van der Waals surface area contributed by atoms with Crippen molar-refractivity contribution in [2.45, 2.75) is 33.1 Å². The number of rotatable bonds is 11. The highest BCUT2D eigenvalue weighted by Gasteiger charge is 2.00. The Morgan fingerprint density at radius 2 is 2.00 bits per heavy atom. The highest BCUT2D eigenvalue weighted by atomic mass is 32.1. The number of benzene rings is 1. The maximum Gasteiger partial charge on any atom is 0.191 e. The molecule has 5 nitrogen and oxygen atoms in total. The van der Waals surface area contributed by atoms with Gasteiger partial charge in [-0.05, 0) is 32.3 Å². The third kappa shape index (κ3) is 8.45. The van der Waals surface area contributed by atoms with Gasteiger partial charge < -0.3 is 15.4 Å². The Balaban J connectivity index is 1.57. The van der Waals surface area contributed by atoms with Crippen LogP contribution in [0, 0.1) is 6.92 Å². The summed E-state index contributed by atoms with van der Waals surface area (Å²) >= 11 is 1.70. The second-order valence-electron chi connectivity index (χ2n) is 6.00. The van der Waals surface area contributed by atoms with Gasteiger partial charge in [0.1, 0.15) is 0 Å². The highest BCUT2D eigenvalue weighted by molar-refractivity contribution is 7.09. The molecule has 0 radical (unpaired) electrons. The summed E-state index contributed by atoms with van der Waals surface area (Å²) in [4.78, 5) is 9.08. The molecule has 1 heterocycles. The van der Waals surface area contributed by atoms with E-state index in [1.54, 1.807) is 11.3 Å². The molecule has 0 fully saturated rings. The molecule has 0 aliphatic rings. The van der Waals surface area contributed by atoms with Gasteiger partial charge in [-0.2, -0.15) is 0 Å². The van der Waals surface area contributed by atoms with Crippen molar-refractivity contribution in [2.24, 2.45) is 4.99 Å². The number of aliphatic imine (C=N–C) groups is 1. The number of nitrogens with one attached hydrogen (secondary N) is 2. The first-order valence-corrected chi connectivity index (χ1v) is 10.2. The summed E-state index contributed by atoms with van der Waals surface area (Å²) in [6.07, 6.45) is 2.80. The summed E-state index contributed by atoms with van der Waals surface area (Å²) in [5.41, 5.74) is 2.46. The third-order valence-electron chi connectivity index (χ3n) is 3.78. The number of hydrogen-bond donors (Lipinski definition) is 2. The predicted molar refractivity (Wildman–Crippen MR) is 110 cm³/mol. The first kappa shape index (κ1) is 20.4. The third-order valence-corrected chi connectivity index (χ3v) is 4.60. The molecule has 0 bridgehead atoms. The van der Waals surface area contributed by atoms with Crippen molar-refractivity contribution in [3.63, 3.8) is 0 Å². The molecule has 6 heteroatoms. The molecular weight excluding hydrogens is 344 g/mol. The lowest BCUT2D eigenvalue weighted by atomic mass is 10.2. The van der Waals surface area contributed by atoms with Crippen LogP contribution in [0.1, 0.15) is 29.6 Å². The molecule has 2 N–H and O–H groups in total.